The van der Waals surface area contributed by atoms with Crippen molar-refractivity contribution < 1.29 is 0 Å². The molecule has 2 N–H and O–H groups in total. The number of halogens is 1. The van der Waals surface area contributed by atoms with Gasteiger partial charge in [-0.05, 0) is 50.1 Å². The Morgan fingerprint density at radius 2 is 2.16 bits per heavy atom. The minimum absolute atomic E-state index is 0.634. The monoisotopic (exact) mass is 323 g/mol. The maximum atomic E-state index is 5.93. The van der Waals surface area contributed by atoms with E-state index in [9.17, 15) is 0 Å². The van der Waals surface area contributed by atoms with Crippen molar-refractivity contribution in [2.24, 2.45) is 0 Å². The molecule has 0 aromatic heterocycles. The average molecular weight is 324 g/mol. The first kappa shape index (κ1) is 13.4. The van der Waals surface area contributed by atoms with E-state index in [-0.39, 0.29) is 0 Å². The third-order valence-electron chi connectivity index (χ3n) is 4.43. The van der Waals surface area contributed by atoms with E-state index in [1.165, 1.54) is 38.0 Å². The summed E-state index contributed by atoms with van der Waals surface area (Å²) in [6.45, 7) is 7.07. The van der Waals surface area contributed by atoms with Crippen LogP contribution in [0.25, 0.3) is 0 Å². The molecule has 0 radical (unpaired) electrons. The van der Waals surface area contributed by atoms with E-state index in [2.05, 4.69) is 44.8 Å². The van der Waals surface area contributed by atoms with Crippen LogP contribution in [0.2, 0.25) is 0 Å². The van der Waals surface area contributed by atoms with Crippen LogP contribution in [-0.2, 0) is 6.54 Å². The molecule has 2 aliphatic heterocycles. The predicted octanol–water partition coefficient (Wildman–Crippen LogP) is 2.70. The summed E-state index contributed by atoms with van der Waals surface area (Å²) >= 11 is 3.53. The zero-order chi connectivity index (χ0) is 13.4. The summed E-state index contributed by atoms with van der Waals surface area (Å²) in [6, 6.07) is 7.65. The predicted molar refractivity (Wildman–Crippen MR) is 83.0 cm³/mol. The fourth-order valence-corrected chi connectivity index (χ4v) is 4.03. The second-order valence-electron chi connectivity index (χ2n) is 5.96. The van der Waals surface area contributed by atoms with Crippen LogP contribution >= 0.6 is 15.9 Å². The van der Waals surface area contributed by atoms with Gasteiger partial charge in [-0.1, -0.05) is 15.9 Å². The maximum Gasteiger partial charge on any atom is 0.0328 e. The molecule has 104 valence electrons. The van der Waals surface area contributed by atoms with Crippen LogP contribution in [0, 0.1) is 0 Å². The van der Waals surface area contributed by atoms with Gasteiger partial charge in [-0.2, -0.15) is 0 Å². The molecule has 1 aromatic rings. The van der Waals surface area contributed by atoms with E-state index < -0.39 is 0 Å². The van der Waals surface area contributed by atoms with Crippen LogP contribution in [0.1, 0.15) is 25.3 Å². The summed E-state index contributed by atoms with van der Waals surface area (Å²) in [5.74, 6) is 0. The number of nitrogens with two attached hydrogens (primary N) is 1. The lowest BCUT2D eigenvalue weighted by atomic mass is 10.1. The lowest BCUT2D eigenvalue weighted by Gasteiger charge is -2.42. The number of rotatable bonds is 2. The van der Waals surface area contributed by atoms with Crippen molar-refractivity contribution in [1.82, 2.24) is 9.80 Å². The van der Waals surface area contributed by atoms with Crippen LogP contribution < -0.4 is 5.73 Å². The molecule has 0 bridgehead atoms. The largest absolute Gasteiger partial charge is 0.399 e. The van der Waals surface area contributed by atoms with Crippen LogP contribution in [0.5, 0.6) is 0 Å². The zero-order valence-corrected chi connectivity index (χ0v) is 13.1. The Morgan fingerprint density at radius 3 is 2.95 bits per heavy atom. The molecule has 1 aromatic carbocycles. The van der Waals surface area contributed by atoms with Crippen LogP contribution in [0.3, 0.4) is 0 Å². The second kappa shape index (κ2) is 5.43. The number of hydrogen-bond donors (Lipinski definition) is 1. The Labute approximate surface area is 123 Å². The van der Waals surface area contributed by atoms with Gasteiger partial charge in [-0.15, -0.1) is 0 Å². The van der Waals surface area contributed by atoms with Gasteiger partial charge in [0, 0.05) is 41.9 Å². The molecule has 0 saturated carbocycles. The average Bonchev–Trinajstić information content (AvgIpc) is 2.75. The molecule has 2 aliphatic rings. The van der Waals surface area contributed by atoms with Gasteiger partial charge in [-0.3, -0.25) is 9.80 Å². The number of benzene rings is 1. The third-order valence-corrected chi connectivity index (χ3v) is 4.89. The van der Waals surface area contributed by atoms with E-state index in [4.69, 9.17) is 5.73 Å². The molecule has 2 unspecified atom stereocenters. The normalized spacial score (nSPS) is 28.5. The Kier molecular flexibility index (Phi) is 3.83. The van der Waals surface area contributed by atoms with Gasteiger partial charge in [0.25, 0.3) is 0 Å². The first-order valence-electron chi connectivity index (χ1n) is 7.15. The van der Waals surface area contributed by atoms with E-state index in [0.717, 1.165) is 22.7 Å². The minimum Gasteiger partial charge on any atom is -0.399 e. The molecule has 3 rings (SSSR count). The molecule has 2 fully saturated rings. The summed E-state index contributed by atoms with van der Waals surface area (Å²) in [5, 5.41) is 0. The van der Waals surface area contributed by atoms with Gasteiger partial charge in [0.1, 0.15) is 0 Å². The fraction of sp³-hybridized carbons (Fsp3) is 0.600. The topological polar surface area (TPSA) is 32.5 Å². The SMILES string of the molecule is CC1CN2CCCC2CN1Cc1cc(N)cc(Br)c1. The smallest absolute Gasteiger partial charge is 0.0328 e. The van der Waals surface area contributed by atoms with Crippen molar-refractivity contribution in [3.63, 3.8) is 0 Å². The van der Waals surface area contributed by atoms with Gasteiger partial charge < -0.3 is 5.73 Å². The van der Waals surface area contributed by atoms with Crippen molar-refractivity contribution >= 4 is 21.6 Å². The van der Waals surface area contributed by atoms with Crippen molar-refractivity contribution in [2.75, 3.05) is 25.4 Å². The number of anilines is 1. The van der Waals surface area contributed by atoms with E-state index in [1.807, 2.05) is 6.07 Å². The molecule has 2 saturated heterocycles. The molecule has 2 heterocycles. The molecule has 3 nitrogen and oxygen atoms in total. The lowest BCUT2D eigenvalue weighted by Crippen LogP contribution is -2.54. The van der Waals surface area contributed by atoms with Crippen molar-refractivity contribution in [3.05, 3.63) is 28.2 Å². The van der Waals surface area contributed by atoms with Crippen LogP contribution in [-0.4, -0.2) is 41.5 Å². The van der Waals surface area contributed by atoms with Crippen molar-refractivity contribution in [3.8, 4) is 0 Å². The molecular formula is C15H22BrN3. The zero-order valence-electron chi connectivity index (χ0n) is 11.5. The number of nitrogen functional groups attached to an aromatic ring is 1. The first-order chi connectivity index (χ1) is 9.11. The Balaban J connectivity index is 1.71. The maximum absolute atomic E-state index is 5.93. The highest BCUT2D eigenvalue weighted by Crippen LogP contribution is 2.26. The molecule has 4 heteroatoms. The molecule has 0 amide bonds. The molecule has 0 aliphatic carbocycles. The van der Waals surface area contributed by atoms with E-state index >= 15 is 0 Å². The van der Waals surface area contributed by atoms with Gasteiger partial charge in [0.15, 0.2) is 0 Å². The molecule has 2 atom stereocenters. The second-order valence-corrected chi connectivity index (χ2v) is 6.88. The highest BCUT2D eigenvalue weighted by Gasteiger charge is 2.34. The van der Waals surface area contributed by atoms with Crippen LogP contribution in [0.4, 0.5) is 5.69 Å². The van der Waals surface area contributed by atoms with Crippen molar-refractivity contribution in [2.45, 2.75) is 38.4 Å². The van der Waals surface area contributed by atoms with E-state index in [1.54, 1.807) is 0 Å². The first-order valence-corrected chi connectivity index (χ1v) is 7.94. The summed E-state index contributed by atoms with van der Waals surface area (Å²) in [7, 11) is 0. The fourth-order valence-electron chi connectivity index (χ4n) is 3.47. The standard InChI is InChI=1S/C15H22BrN3/c1-11-8-18-4-2-3-15(18)10-19(11)9-12-5-13(16)7-14(17)6-12/h5-7,11,15H,2-4,8-10,17H2,1H3. The van der Waals surface area contributed by atoms with Gasteiger partial charge in [0.2, 0.25) is 0 Å². The number of fused-ring (bicyclic) bond motifs is 1. The van der Waals surface area contributed by atoms with Gasteiger partial charge in [0.05, 0.1) is 0 Å². The molecule has 0 spiro atoms. The molecular weight excluding hydrogens is 302 g/mol. The van der Waals surface area contributed by atoms with Crippen LogP contribution in [0.15, 0.2) is 22.7 Å². The Bertz CT molecular complexity index is 442. The minimum atomic E-state index is 0.634. The molecule has 19 heavy (non-hydrogen) atoms. The van der Waals surface area contributed by atoms with E-state index in [0.29, 0.717) is 6.04 Å². The number of hydrogen-bond acceptors (Lipinski definition) is 3. The highest BCUT2D eigenvalue weighted by molar-refractivity contribution is 9.10. The lowest BCUT2D eigenvalue weighted by molar-refractivity contribution is 0.0540. The number of piperazine rings is 1. The Hall–Kier alpha value is -0.580. The quantitative estimate of drug-likeness (QED) is 0.849. The van der Waals surface area contributed by atoms with Crippen molar-refractivity contribution in [1.29, 1.82) is 0 Å². The highest BCUT2D eigenvalue weighted by atomic mass is 79.9. The summed E-state index contributed by atoms with van der Waals surface area (Å²) in [6.07, 6.45) is 2.74. The summed E-state index contributed by atoms with van der Waals surface area (Å²) < 4.78 is 1.08. The summed E-state index contributed by atoms with van der Waals surface area (Å²) in [4.78, 5) is 5.27. The van der Waals surface area contributed by atoms with Gasteiger partial charge in [-0.25, -0.2) is 0 Å². The summed E-state index contributed by atoms with van der Waals surface area (Å²) in [5.41, 5.74) is 8.08. The Morgan fingerprint density at radius 1 is 1.32 bits per heavy atom. The third kappa shape index (κ3) is 2.96. The number of nitrogens with zero attached hydrogens (tertiary/aromatic N) is 2. The van der Waals surface area contributed by atoms with Gasteiger partial charge >= 0.3 is 0 Å².